The molecule has 2 fully saturated rings. The molecule has 1 saturated carbocycles. The lowest BCUT2D eigenvalue weighted by molar-refractivity contribution is 0.233. The number of benzene rings is 1. The lowest BCUT2D eigenvalue weighted by Gasteiger charge is -2.37. The molecule has 1 aromatic rings. The Kier molecular flexibility index (Phi) is 8.22. The van der Waals surface area contributed by atoms with Crippen LogP contribution in [0.5, 0.6) is 5.75 Å². The van der Waals surface area contributed by atoms with Crippen molar-refractivity contribution in [3.05, 3.63) is 28.8 Å². The summed E-state index contributed by atoms with van der Waals surface area (Å²) in [4.78, 5) is 0. The van der Waals surface area contributed by atoms with Crippen LogP contribution in [0.25, 0.3) is 0 Å². The van der Waals surface area contributed by atoms with Crippen LogP contribution in [0.1, 0.15) is 65.2 Å². The third-order valence-electron chi connectivity index (χ3n) is 7.04. The fourth-order valence-corrected chi connectivity index (χ4v) is 9.64. The van der Waals surface area contributed by atoms with E-state index in [2.05, 4.69) is 13.8 Å². The Labute approximate surface area is 175 Å². The number of halogens is 3. The minimum atomic E-state index is -0.753. The highest BCUT2D eigenvalue weighted by atomic mass is 35.5. The normalized spacial score (nSPS) is 28.5. The van der Waals surface area contributed by atoms with E-state index in [1.807, 2.05) is 0 Å². The maximum Gasteiger partial charge on any atom is 0.148 e. The van der Waals surface area contributed by atoms with Crippen molar-refractivity contribution in [2.24, 2.45) is 17.8 Å². The Bertz CT molecular complexity index is 600. The molecule has 1 heterocycles. The Morgan fingerprint density at radius 1 is 1.00 bits per heavy atom. The summed E-state index contributed by atoms with van der Waals surface area (Å²) in [7, 11) is -0.628. The molecule has 1 nitrogen and oxygen atoms in total. The van der Waals surface area contributed by atoms with Gasteiger partial charge in [-0.05, 0) is 36.1 Å². The molecule has 0 aromatic heterocycles. The van der Waals surface area contributed by atoms with Crippen LogP contribution in [0, 0.1) is 29.4 Å². The topological polar surface area (TPSA) is 9.23 Å². The van der Waals surface area contributed by atoms with Gasteiger partial charge in [0.15, 0.2) is 0 Å². The zero-order chi connectivity index (χ0) is 20.1. The van der Waals surface area contributed by atoms with Gasteiger partial charge in [-0.3, -0.25) is 0 Å². The zero-order valence-corrected chi connectivity index (χ0v) is 19.3. The van der Waals surface area contributed by atoms with Crippen LogP contribution in [0.3, 0.4) is 0 Å². The lowest BCUT2D eigenvalue weighted by atomic mass is 9.84. The second kappa shape index (κ2) is 10.4. The summed E-state index contributed by atoms with van der Waals surface area (Å²) in [6, 6.07) is 5.20. The minimum Gasteiger partial charge on any atom is -0.493 e. The van der Waals surface area contributed by atoms with E-state index >= 15 is 0 Å². The zero-order valence-electron chi connectivity index (χ0n) is 17.4. The standard InChI is InChI=1S/C23H35ClF2OSi/c1-16(2)3-4-17-5-7-20(8-6-17)28-11-9-18(10-12-28)15-27-19-13-21(25)23(24)22(26)14-19/h13-14,16-18,20,28H,3-12,15H2,1-2H3/t17-,18?,20-,28?. The van der Waals surface area contributed by atoms with Crippen LogP contribution < -0.4 is 4.74 Å². The number of hydrogen-bond donors (Lipinski definition) is 0. The second-order valence-electron chi connectivity index (χ2n) is 9.54. The number of ether oxygens (including phenoxy) is 1. The Balaban J connectivity index is 1.37. The number of rotatable bonds is 7. The van der Waals surface area contributed by atoms with E-state index in [1.165, 1.54) is 75.6 Å². The molecule has 0 amide bonds. The van der Waals surface area contributed by atoms with E-state index < -0.39 is 25.5 Å². The predicted molar refractivity (Wildman–Crippen MR) is 116 cm³/mol. The summed E-state index contributed by atoms with van der Waals surface area (Å²) < 4.78 is 32.7. The summed E-state index contributed by atoms with van der Waals surface area (Å²) in [5.74, 6) is 1.09. The van der Waals surface area contributed by atoms with Crippen LogP contribution in [0.2, 0.25) is 22.7 Å². The van der Waals surface area contributed by atoms with Gasteiger partial charge in [0.05, 0.1) is 6.61 Å². The van der Waals surface area contributed by atoms with E-state index in [0.29, 0.717) is 12.5 Å². The summed E-state index contributed by atoms with van der Waals surface area (Å²) in [5, 5.41) is -0.460. The van der Waals surface area contributed by atoms with Gasteiger partial charge in [0.2, 0.25) is 0 Å². The summed E-state index contributed by atoms with van der Waals surface area (Å²) in [6.07, 6.45) is 11.1. The van der Waals surface area contributed by atoms with Crippen molar-refractivity contribution in [1.29, 1.82) is 0 Å². The molecule has 2 aliphatic rings. The monoisotopic (exact) mass is 428 g/mol. The van der Waals surface area contributed by atoms with Gasteiger partial charge < -0.3 is 4.74 Å². The van der Waals surface area contributed by atoms with Gasteiger partial charge >= 0.3 is 0 Å². The fraction of sp³-hybridized carbons (Fsp3) is 0.739. The molecule has 1 aliphatic carbocycles. The van der Waals surface area contributed by atoms with Crippen molar-refractivity contribution in [3.8, 4) is 5.75 Å². The molecule has 0 radical (unpaired) electrons. The third-order valence-corrected chi connectivity index (χ3v) is 11.6. The van der Waals surface area contributed by atoms with Crippen molar-refractivity contribution in [2.45, 2.75) is 82.8 Å². The SMILES string of the molecule is CC(C)CC[C@H]1CC[C@H]([SiH]2CCC(COc3cc(F)c(Cl)c(F)c3)CC2)CC1. The predicted octanol–water partition coefficient (Wildman–Crippen LogP) is 7.63. The van der Waals surface area contributed by atoms with Crippen LogP contribution in [0.4, 0.5) is 8.78 Å². The van der Waals surface area contributed by atoms with E-state index in [-0.39, 0.29) is 5.75 Å². The van der Waals surface area contributed by atoms with Gasteiger partial charge in [0.1, 0.15) is 22.4 Å². The summed E-state index contributed by atoms with van der Waals surface area (Å²) >= 11 is 5.53. The lowest BCUT2D eigenvalue weighted by Crippen LogP contribution is -2.31. The Morgan fingerprint density at radius 2 is 1.61 bits per heavy atom. The highest BCUT2D eigenvalue weighted by Gasteiger charge is 2.32. The molecular weight excluding hydrogens is 394 g/mol. The van der Waals surface area contributed by atoms with Crippen molar-refractivity contribution in [2.75, 3.05) is 6.61 Å². The molecule has 1 saturated heterocycles. The molecule has 0 N–H and O–H groups in total. The fourth-order valence-electron chi connectivity index (χ4n) is 5.17. The average Bonchev–Trinajstić information content (AvgIpc) is 2.69. The molecule has 0 spiro atoms. The van der Waals surface area contributed by atoms with Crippen molar-refractivity contribution >= 4 is 20.4 Å². The van der Waals surface area contributed by atoms with E-state index in [4.69, 9.17) is 16.3 Å². The Morgan fingerprint density at radius 3 is 2.18 bits per heavy atom. The van der Waals surface area contributed by atoms with Gasteiger partial charge in [-0.25, -0.2) is 8.78 Å². The highest BCUT2D eigenvalue weighted by Crippen LogP contribution is 2.42. The van der Waals surface area contributed by atoms with Gasteiger partial charge in [-0.1, -0.05) is 76.1 Å². The molecule has 1 aliphatic heterocycles. The van der Waals surface area contributed by atoms with Gasteiger partial charge in [-0.2, -0.15) is 0 Å². The third kappa shape index (κ3) is 6.19. The van der Waals surface area contributed by atoms with E-state index in [0.717, 1.165) is 17.4 Å². The van der Waals surface area contributed by atoms with Crippen molar-refractivity contribution in [3.63, 3.8) is 0 Å². The van der Waals surface area contributed by atoms with Crippen molar-refractivity contribution < 1.29 is 13.5 Å². The molecule has 0 unspecified atom stereocenters. The summed E-state index contributed by atoms with van der Waals surface area (Å²) in [5.41, 5.74) is 1.05. The molecule has 0 atom stereocenters. The maximum atomic E-state index is 13.5. The quantitative estimate of drug-likeness (QED) is 0.320. The molecule has 0 bridgehead atoms. The van der Waals surface area contributed by atoms with Gasteiger partial charge in [0.25, 0.3) is 0 Å². The highest BCUT2D eigenvalue weighted by molar-refractivity contribution is 6.60. The Hall–Kier alpha value is -0.613. The molecule has 158 valence electrons. The van der Waals surface area contributed by atoms with Gasteiger partial charge in [0, 0.05) is 20.9 Å². The first kappa shape index (κ1) is 22.1. The average molecular weight is 429 g/mol. The van der Waals surface area contributed by atoms with E-state index in [1.54, 1.807) is 0 Å². The first-order valence-electron chi connectivity index (χ1n) is 11.2. The molecule has 28 heavy (non-hydrogen) atoms. The molecular formula is C23H35ClF2OSi. The van der Waals surface area contributed by atoms with Crippen LogP contribution >= 0.6 is 11.6 Å². The van der Waals surface area contributed by atoms with Crippen LogP contribution in [-0.4, -0.2) is 15.4 Å². The molecule has 3 rings (SSSR count). The smallest absolute Gasteiger partial charge is 0.148 e. The molecule has 1 aromatic carbocycles. The maximum absolute atomic E-state index is 13.5. The van der Waals surface area contributed by atoms with Crippen LogP contribution in [-0.2, 0) is 0 Å². The first-order chi connectivity index (χ1) is 13.4. The summed E-state index contributed by atoms with van der Waals surface area (Å²) in [6.45, 7) is 5.23. The minimum absolute atomic E-state index is 0.249. The first-order valence-corrected chi connectivity index (χ1v) is 13.9. The number of hydrogen-bond acceptors (Lipinski definition) is 1. The molecule has 5 heteroatoms. The second-order valence-corrected chi connectivity index (χ2v) is 13.5. The van der Waals surface area contributed by atoms with Crippen molar-refractivity contribution in [1.82, 2.24) is 0 Å². The van der Waals surface area contributed by atoms with Crippen LogP contribution in [0.15, 0.2) is 12.1 Å². The van der Waals surface area contributed by atoms with Gasteiger partial charge in [-0.15, -0.1) is 0 Å². The van der Waals surface area contributed by atoms with E-state index in [9.17, 15) is 8.78 Å². The largest absolute Gasteiger partial charge is 0.493 e.